The van der Waals surface area contributed by atoms with E-state index in [0.717, 1.165) is 24.2 Å². The van der Waals surface area contributed by atoms with Crippen LogP contribution in [-0.2, 0) is 0 Å². The van der Waals surface area contributed by atoms with Crippen LogP contribution in [-0.4, -0.2) is 26.0 Å². The molecule has 0 bridgehead atoms. The van der Waals surface area contributed by atoms with Crippen LogP contribution < -0.4 is 5.32 Å². The smallest absolute Gasteiger partial charge is 0.182 e. The van der Waals surface area contributed by atoms with E-state index in [2.05, 4.69) is 39.1 Å². The Morgan fingerprint density at radius 3 is 3.07 bits per heavy atom. The van der Waals surface area contributed by atoms with Crippen molar-refractivity contribution in [2.75, 3.05) is 5.32 Å². The molecular formula is C10H15N5. The van der Waals surface area contributed by atoms with Gasteiger partial charge in [0, 0.05) is 6.04 Å². The van der Waals surface area contributed by atoms with Gasteiger partial charge in [-0.2, -0.15) is 0 Å². The van der Waals surface area contributed by atoms with E-state index >= 15 is 0 Å². The zero-order chi connectivity index (χ0) is 10.7. The summed E-state index contributed by atoms with van der Waals surface area (Å²) in [6.45, 7) is 4.32. The van der Waals surface area contributed by atoms with E-state index in [1.54, 1.807) is 6.33 Å². The van der Waals surface area contributed by atoms with Crippen LogP contribution in [0.3, 0.4) is 0 Å². The van der Waals surface area contributed by atoms with Gasteiger partial charge in [0.2, 0.25) is 0 Å². The third-order valence-electron chi connectivity index (χ3n) is 2.33. The maximum atomic E-state index is 4.21. The van der Waals surface area contributed by atoms with E-state index in [0.29, 0.717) is 11.7 Å². The number of nitrogens with one attached hydrogen (secondary N) is 2. The number of fused-ring (bicyclic) bond motifs is 1. The van der Waals surface area contributed by atoms with Gasteiger partial charge in [-0.3, -0.25) is 0 Å². The monoisotopic (exact) mass is 205 g/mol. The molecule has 0 aliphatic carbocycles. The quantitative estimate of drug-likeness (QED) is 0.800. The van der Waals surface area contributed by atoms with Crippen molar-refractivity contribution in [1.82, 2.24) is 19.9 Å². The molecule has 2 rings (SSSR count). The Labute approximate surface area is 88.4 Å². The third kappa shape index (κ3) is 2.06. The summed E-state index contributed by atoms with van der Waals surface area (Å²) in [6.07, 6.45) is 5.45. The Morgan fingerprint density at radius 2 is 2.27 bits per heavy atom. The van der Waals surface area contributed by atoms with E-state index in [4.69, 9.17) is 0 Å². The summed E-state index contributed by atoms with van der Waals surface area (Å²) >= 11 is 0. The second kappa shape index (κ2) is 4.25. The molecule has 0 fully saturated rings. The lowest BCUT2D eigenvalue weighted by atomic mass is 10.2. The molecular weight excluding hydrogens is 190 g/mol. The molecule has 0 radical (unpaired) electrons. The second-order valence-corrected chi connectivity index (χ2v) is 3.66. The topological polar surface area (TPSA) is 66.5 Å². The van der Waals surface area contributed by atoms with E-state index in [9.17, 15) is 0 Å². The lowest BCUT2D eigenvalue weighted by Gasteiger charge is -2.13. The summed E-state index contributed by atoms with van der Waals surface area (Å²) in [4.78, 5) is 15.4. The number of imidazole rings is 1. The van der Waals surface area contributed by atoms with E-state index in [-0.39, 0.29) is 0 Å². The van der Waals surface area contributed by atoms with Gasteiger partial charge in [0.05, 0.1) is 6.33 Å². The number of anilines is 1. The molecule has 0 saturated heterocycles. The minimum Gasteiger partial charge on any atom is -0.366 e. The Hall–Kier alpha value is -1.65. The van der Waals surface area contributed by atoms with Gasteiger partial charge in [-0.15, -0.1) is 0 Å². The number of hydrogen-bond acceptors (Lipinski definition) is 4. The van der Waals surface area contributed by atoms with Crippen LogP contribution in [0.4, 0.5) is 5.82 Å². The van der Waals surface area contributed by atoms with Crippen molar-refractivity contribution in [3.8, 4) is 0 Å². The predicted octanol–water partition coefficient (Wildman–Crippen LogP) is 1.95. The van der Waals surface area contributed by atoms with Crippen LogP contribution in [0.5, 0.6) is 0 Å². The molecule has 1 unspecified atom stereocenters. The highest BCUT2D eigenvalue weighted by atomic mass is 15.1. The number of hydrogen-bond donors (Lipinski definition) is 2. The summed E-state index contributed by atoms with van der Waals surface area (Å²) in [7, 11) is 0. The number of H-pyrrole nitrogens is 1. The van der Waals surface area contributed by atoms with Crippen LogP contribution in [0.25, 0.3) is 11.2 Å². The van der Waals surface area contributed by atoms with Crippen LogP contribution in [0.2, 0.25) is 0 Å². The second-order valence-electron chi connectivity index (χ2n) is 3.66. The molecule has 0 aromatic carbocycles. The molecule has 2 aromatic rings. The first-order chi connectivity index (χ1) is 7.31. The molecule has 0 amide bonds. The van der Waals surface area contributed by atoms with Crippen LogP contribution in [0.15, 0.2) is 12.7 Å². The van der Waals surface area contributed by atoms with Gasteiger partial charge in [-0.25, -0.2) is 15.0 Å². The largest absolute Gasteiger partial charge is 0.366 e. The fourth-order valence-electron chi connectivity index (χ4n) is 1.61. The van der Waals surface area contributed by atoms with Gasteiger partial charge in [-0.05, 0) is 13.3 Å². The van der Waals surface area contributed by atoms with Crippen molar-refractivity contribution >= 4 is 17.0 Å². The number of nitrogens with zero attached hydrogens (tertiary/aromatic N) is 3. The highest BCUT2D eigenvalue weighted by Gasteiger charge is 2.07. The number of aromatic nitrogens is 4. The molecule has 2 N–H and O–H groups in total. The average molecular weight is 205 g/mol. The Morgan fingerprint density at radius 1 is 1.40 bits per heavy atom. The van der Waals surface area contributed by atoms with Crippen molar-refractivity contribution in [3.05, 3.63) is 12.7 Å². The molecule has 2 heterocycles. The maximum Gasteiger partial charge on any atom is 0.182 e. The molecule has 5 heteroatoms. The molecule has 80 valence electrons. The molecule has 0 aliphatic rings. The van der Waals surface area contributed by atoms with Crippen molar-refractivity contribution in [1.29, 1.82) is 0 Å². The van der Waals surface area contributed by atoms with Crippen molar-refractivity contribution < 1.29 is 0 Å². The maximum absolute atomic E-state index is 4.21. The Kier molecular flexibility index (Phi) is 2.80. The van der Waals surface area contributed by atoms with Gasteiger partial charge in [0.1, 0.15) is 11.8 Å². The highest BCUT2D eigenvalue weighted by Crippen LogP contribution is 2.16. The number of rotatable bonds is 4. The lowest BCUT2D eigenvalue weighted by Crippen LogP contribution is -2.15. The summed E-state index contributed by atoms with van der Waals surface area (Å²) in [5.74, 6) is 0.832. The molecule has 0 saturated carbocycles. The zero-order valence-corrected chi connectivity index (χ0v) is 8.99. The third-order valence-corrected chi connectivity index (χ3v) is 2.33. The summed E-state index contributed by atoms with van der Waals surface area (Å²) < 4.78 is 0. The summed E-state index contributed by atoms with van der Waals surface area (Å²) in [6, 6.07) is 0.413. The van der Waals surface area contributed by atoms with Crippen LogP contribution in [0.1, 0.15) is 26.7 Å². The fraction of sp³-hybridized carbons (Fsp3) is 0.500. The van der Waals surface area contributed by atoms with Gasteiger partial charge >= 0.3 is 0 Å². The molecule has 5 nitrogen and oxygen atoms in total. The standard InChI is InChI=1S/C10H15N5/c1-3-4-7(2)15-10-8-9(12-5-11-8)13-6-14-10/h5-7H,3-4H2,1-2H3,(H2,11,12,13,14,15). The van der Waals surface area contributed by atoms with Gasteiger partial charge in [0.15, 0.2) is 11.5 Å². The van der Waals surface area contributed by atoms with Crippen molar-refractivity contribution in [2.45, 2.75) is 32.7 Å². The Bertz CT molecular complexity index is 436. The van der Waals surface area contributed by atoms with Crippen molar-refractivity contribution in [3.63, 3.8) is 0 Å². The summed E-state index contributed by atoms with van der Waals surface area (Å²) in [5.41, 5.74) is 1.58. The molecule has 0 spiro atoms. The van der Waals surface area contributed by atoms with Gasteiger partial charge in [0.25, 0.3) is 0 Å². The lowest BCUT2D eigenvalue weighted by molar-refractivity contribution is 0.688. The van der Waals surface area contributed by atoms with Crippen LogP contribution >= 0.6 is 0 Å². The summed E-state index contributed by atoms with van der Waals surface area (Å²) in [5, 5.41) is 3.35. The zero-order valence-electron chi connectivity index (χ0n) is 8.99. The molecule has 0 aliphatic heterocycles. The van der Waals surface area contributed by atoms with E-state index in [1.165, 1.54) is 6.33 Å². The van der Waals surface area contributed by atoms with Gasteiger partial charge in [-0.1, -0.05) is 13.3 Å². The minimum atomic E-state index is 0.413. The van der Waals surface area contributed by atoms with E-state index < -0.39 is 0 Å². The number of aromatic amines is 1. The molecule has 15 heavy (non-hydrogen) atoms. The first-order valence-corrected chi connectivity index (χ1v) is 5.22. The van der Waals surface area contributed by atoms with E-state index in [1.807, 2.05) is 0 Å². The molecule has 2 aromatic heterocycles. The first kappa shape index (κ1) is 9.89. The average Bonchev–Trinajstić information content (AvgIpc) is 2.67. The van der Waals surface area contributed by atoms with Crippen molar-refractivity contribution in [2.24, 2.45) is 0 Å². The minimum absolute atomic E-state index is 0.413. The normalized spacial score (nSPS) is 12.9. The highest BCUT2D eigenvalue weighted by molar-refractivity contribution is 5.81. The first-order valence-electron chi connectivity index (χ1n) is 5.22. The fourth-order valence-corrected chi connectivity index (χ4v) is 1.61. The van der Waals surface area contributed by atoms with Crippen LogP contribution in [0, 0.1) is 0 Å². The predicted molar refractivity (Wildman–Crippen MR) is 59.7 cm³/mol. The Balaban J connectivity index is 2.23. The van der Waals surface area contributed by atoms with Gasteiger partial charge < -0.3 is 10.3 Å². The molecule has 1 atom stereocenters. The SMILES string of the molecule is CCCC(C)Nc1ncnc2nc[nH]c12.